The maximum absolute atomic E-state index is 12.6. The van der Waals surface area contributed by atoms with Crippen LogP contribution in [0, 0.1) is 20.8 Å². The molecule has 1 N–H and O–H groups in total. The normalized spacial score (nSPS) is 12.4. The molecule has 3 aromatic rings. The van der Waals surface area contributed by atoms with E-state index in [1.807, 2.05) is 32.9 Å². The smallest absolute Gasteiger partial charge is 0.261 e. The van der Waals surface area contributed by atoms with Gasteiger partial charge in [0.1, 0.15) is 23.0 Å². The second kappa shape index (κ2) is 7.03. The van der Waals surface area contributed by atoms with Crippen molar-refractivity contribution < 1.29 is 19.0 Å². The van der Waals surface area contributed by atoms with Gasteiger partial charge in [-0.25, -0.2) is 9.97 Å². The molecule has 1 aliphatic heterocycles. The Kier molecular flexibility index (Phi) is 4.57. The third-order valence-corrected chi connectivity index (χ3v) is 5.47. The fourth-order valence-corrected chi connectivity index (χ4v) is 4.26. The van der Waals surface area contributed by atoms with Crippen molar-refractivity contribution in [2.45, 2.75) is 20.8 Å². The Morgan fingerprint density at radius 2 is 2.04 bits per heavy atom. The first-order valence-electron chi connectivity index (χ1n) is 8.58. The molecule has 8 heteroatoms. The quantitative estimate of drug-likeness (QED) is 0.680. The Morgan fingerprint density at radius 3 is 2.89 bits per heavy atom. The van der Waals surface area contributed by atoms with Crippen molar-refractivity contribution in [3.63, 3.8) is 0 Å². The second-order valence-corrected chi connectivity index (χ2v) is 7.21. The molecule has 27 heavy (non-hydrogen) atoms. The predicted molar refractivity (Wildman–Crippen MR) is 102 cm³/mol. The van der Waals surface area contributed by atoms with E-state index < -0.39 is 0 Å². The first-order valence-corrected chi connectivity index (χ1v) is 9.39. The highest BCUT2D eigenvalue weighted by Crippen LogP contribution is 2.35. The van der Waals surface area contributed by atoms with Crippen molar-refractivity contribution in [1.82, 2.24) is 15.3 Å². The summed E-state index contributed by atoms with van der Waals surface area (Å²) >= 11 is 1.39. The van der Waals surface area contributed by atoms with E-state index in [2.05, 4.69) is 15.3 Å². The number of ether oxygens (including phenoxy) is 3. The maximum atomic E-state index is 12.6. The molecule has 2 aromatic heterocycles. The number of nitrogens with one attached hydrogen (secondary N) is 1. The van der Waals surface area contributed by atoms with E-state index in [1.54, 1.807) is 6.07 Å². The van der Waals surface area contributed by atoms with Gasteiger partial charge >= 0.3 is 0 Å². The van der Waals surface area contributed by atoms with Gasteiger partial charge in [0, 0.05) is 17.1 Å². The van der Waals surface area contributed by atoms with Crippen LogP contribution < -0.4 is 19.5 Å². The van der Waals surface area contributed by atoms with Crippen LogP contribution >= 0.6 is 11.3 Å². The molecule has 0 atom stereocenters. The lowest BCUT2D eigenvalue weighted by Crippen LogP contribution is -2.27. The number of carbonyl (C=O) groups excluding carboxylic acids is 1. The van der Waals surface area contributed by atoms with Crippen molar-refractivity contribution in [3.8, 4) is 17.2 Å². The van der Waals surface area contributed by atoms with Gasteiger partial charge in [-0.3, -0.25) is 4.79 Å². The van der Waals surface area contributed by atoms with Crippen LogP contribution in [0.3, 0.4) is 0 Å². The minimum atomic E-state index is -0.123. The van der Waals surface area contributed by atoms with Gasteiger partial charge in [-0.2, -0.15) is 0 Å². The molecule has 3 heterocycles. The molecule has 0 spiro atoms. The number of benzene rings is 1. The Bertz CT molecular complexity index is 1030. The third kappa shape index (κ3) is 3.40. The summed E-state index contributed by atoms with van der Waals surface area (Å²) in [4.78, 5) is 22.9. The maximum Gasteiger partial charge on any atom is 0.261 e. The lowest BCUT2D eigenvalue weighted by Gasteiger charge is -2.08. The summed E-state index contributed by atoms with van der Waals surface area (Å²) in [6.07, 6.45) is 0. The molecule has 1 aromatic carbocycles. The Labute approximate surface area is 160 Å². The topological polar surface area (TPSA) is 82.6 Å². The van der Waals surface area contributed by atoms with Gasteiger partial charge in [-0.15, -0.1) is 11.3 Å². The Morgan fingerprint density at radius 1 is 1.22 bits per heavy atom. The molecule has 7 nitrogen and oxygen atoms in total. The van der Waals surface area contributed by atoms with Crippen LogP contribution in [0.1, 0.15) is 26.8 Å². The fraction of sp³-hybridized carbons (Fsp3) is 0.316. The van der Waals surface area contributed by atoms with Gasteiger partial charge in [-0.05, 0) is 38.5 Å². The molecule has 1 aliphatic rings. The minimum Gasteiger partial charge on any atom is -0.492 e. The minimum absolute atomic E-state index is 0.123. The van der Waals surface area contributed by atoms with Crippen LogP contribution in [0.25, 0.3) is 10.2 Å². The zero-order chi connectivity index (χ0) is 19.0. The first kappa shape index (κ1) is 17.5. The van der Waals surface area contributed by atoms with E-state index in [4.69, 9.17) is 14.2 Å². The monoisotopic (exact) mass is 385 g/mol. The van der Waals surface area contributed by atoms with E-state index in [-0.39, 0.29) is 12.7 Å². The van der Waals surface area contributed by atoms with Gasteiger partial charge < -0.3 is 19.5 Å². The van der Waals surface area contributed by atoms with Crippen LogP contribution in [0.15, 0.2) is 18.2 Å². The van der Waals surface area contributed by atoms with E-state index in [1.165, 1.54) is 11.3 Å². The van der Waals surface area contributed by atoms with Crippen LogP contribution in [0.2, 0.25) is 0 Å². The van der Waals surface area contributed by atoms with Crippen molar-refractivity contribution in [1.29, 1.82) is 0 Å². The Hall–Kier alpha value is -2.87. The SMILES string of the molecule is Cc1nc(C)c2c(C)c(C(=O)NCCOc3ccc4c(c3)OCO4)sc2n1. The van der Waals surface area contributed by atoms with Gasteiger partial charge in [0.2, 0.25) is 6.79 Å². The molecule has 0 saturated carbocycles. The highest BCUT2D eigenvalue weighted by atomic mass is 32.1. The summed E-state index contributed by atoms with van der Waals surface area (Å²) in [5.74, 6) is 2.65. The molecule has 1 amide bonds. The van der Waals surface area contributed by atoms with E-state index >= 15 is 0 Å². The molecule has 0 saturated heterocycles. The molecule has 4 rings (SSSR count). The largest absolute Gasteiger partial charge is 0.492 e. The number of hydrogen-bond acceptors (Lipinski definition) is 7. The summed E-state index contributed by atoms with van der Waals surface area (Å²) in [5.41, 5.74) is 1.82. The number of hydrogen-bond donors (Lipinski definition) is 1. The van der Waals surface area contributed by atoms with Crippen molar-refractivity contribution >= 4 is 27.5 Å². The summed E-state index contributed by atoms with van der Waals surface area (Å²) in [6, 6.07) is 5.40. The standard InChI is InChI=1S/C19H19N3O4S/c1-10-16-11(2)21-12(3)22-19(16)27-17(10)18(23)20-6-7-24-13-4-5-14-15(8-13)26-9-25-14/h4-5,8H,6-7,9H2,1-3H3,(H,20,23). The average Bonchev–Trinajstić information content (AvgIpc) is 3.22. The summed E-state index contributed by atoms with van der Waals surface area (Å²) in [6.45, 7) is 6.71. The van der Waals surface area contributed by atoms with E-state index in [0.29, 0.717) is 41.1 Å². The average molecular weight is 385 g/mol. The van der Waals surface area contributed by atoms with Gasteiger partial charge in [-0.1, -0.05) is 0 Å². The van der Waals surface area contributed by atoms with Crippen LogP contribution in [0.5, 0.6) is 17.2 Å². The highest BCUT2D eigenvalue weighted by Gasteiger charge is 2.18. The van der Waals surface area contributed by atoms with Crippen molar-refractivity contribution in [2.75, 3.05) is 19.9 Å². The summed E-state index contributed by atoms with van der Waals surface area (Å²) in [7, 11) is 0. The summed E-state index contributed by atoms with van der Waals surface area (Å²) in [5, 5.41) is 3.86. The highest BCUT2D eigenvalue weighted by molar-refractivity contribution is 7.20. The number of aryl methyl sites for hydroxylation is 3. The number of fused-ring (bicyclic) bond motifs is 2. The lowest BCUT2D eigenvalue weighted by molar-refractivity contribution is 0.0950. The second-order valence-electron chi connectivity index (χ2n) is 6.21. The van der Waals surface area contributed by atoms with Gasteiger partial charge in [0.05, 0.1) is 11.4 Å². The first-order chi connectivity index (χ1) is 13.0. The molecule has 0 fully saturated rings. The Balaban J connectivity index is 1.38. The third-order valence-electron chi connectivity index (χ3n) is 4.29. The summed E-state index contributed by atoms with van der Waals surface area (Å²) < 4.78 is 16.3. The molecule has 0 unspecified atom stereocenters. The molecule has 0 aliphatic carbocycles. The van der Waals surface area contributed by atoms with Crippen LogP contribution in [-0.2, 0) is 0 Å². The van der Waals surface area contributed by atoms with Gasteiger partial charge in [0.15, 0.2) is 11.5 Å². The zero-order valence-electron chi connectivity index (χ0n) is 15.3. The molecule has 140 valence electrons. The molecular formula is C19H19N3O4S. The van der Waals surface area contributed by atoms with Crippen LogP contribution in [-0.4, -0.2) is 35.8 Å². The van der Waals surface area contributed by atoms with E-state index in [9.17, 15) is 4.79 Å². The van der Waals surface area contributed by atoms with E-state index in [0.717, 1.165) is 21.5 Å². The van der Waals surface area contributed by atoms with Crippen LogP contribution in [0.4, 0.5) is 0 Å². The number of nitrogens with zero attached hydrogens (tertiary/aromatic N) is 2. The number of amides is 1. The number of thiophene rings is 1. The molecular weight excluding hydrogens is 366 g/mol. The van der Waals surface area contributed by atoms with Gasteiger partial charge in [0.25, 0.3) is 5.91 Å². The number of aromatic nitrogens is 2. The predicted octanol–water partition coefficient (Wildman–Crippen LogP) is 3.15. The lowest BCUT2D eigenvalue weighted by atomic mass is 10.1. The van der Waals surface area contributed by atoms with Crippen molar-refractivity contribution in [2.24, 2.45) is 0 Å². The number of rotatable bonds is 5. The molecule has 0 radical (unpaired) electrons. The number of carbonyl (C=O) groups is 1. The van der Waals surface area contributed by atoms with Crippen molar-refractivity contribution in [3.05, 3.63) is 40.2 Å². The zero-order valence-corrected chi connectivity index (χ0v) is 16.1. The molecule has 0 bridgehead atoms. The fourth-order valence-electron chi connectivity index (χ4n) is 3.07.